The van der Waals surface area contributed by atoms with E-state index in [1.165, 1.54) is 0 Å². The molecule has 4 N–H and O–H groups in total. The topological polar surface area (TPSA) is 92.9 Å². The van der Waals surface area contributed by atoms with Crippen LogP contribution in [0.25, 0.3) is 0 Å². The van der Waals surface area contributed by atoms with Gasteiger partial charge in [0.15, 0.2) is 0 Å². The van der Waals surface area contributed by atoms with Crippen LogP contribution in [0.15, 0.2) is 36.5 Å². The van der Waals surface area contributed by atoms with Crippen LogP contribution in [0.1, 0.15) is 11.3 Å². The average Bonchev–Trinajstić information content (AvgIpc) is 2.53. The summed E-state index contributed by atoms with van der Waals surface area (Å²) in [6, 6.07) is 7.71. The Hall–Kier alpha value is -2.84. The number of hydrogen-bond donors (Lipinski definition) is 3. The molecule has 0 atom stereocenters. The largest absolute Gasteiger partial charge is 0.433 e. The molecule has 2 rings (SSSR count). The molecule has 0 radical (unpaired) electrons. The molecule has 0 aliphatic carbocycles. The molecule has 0 aliphatic heterocycles. The molecule has 1 heterocycles. The van der Waals surface area contributed by atoms with Gasteiger partial charge in [-0.25, -0.2) is 9.97 Å². The van der Waals surface area contributed by atoms with Crippen molar-refractivity contribution in [3.8, 4) is 0 Å². The van der Waals surface area contributed by atoms with Gasteiger partial charge in [0, 0.05) is 25.0 Å². The van der Waals surface area contributed by atoms with Crippen molar-refractivity contribution in [2.75, 3.05) is 24.1 Å². The smallest absolute Gasteiger partial charge is 0.399 e. The van der Waals surface area contributed by atoms with Crippen LogP contribution < -0.4 is 16.4 Å². The van der Waals surface area contributed by atoms with Crippen LogP contribution in [-0.4, -0.2) is 29.0 Å². The molecule has 9 heteroatoms. The van der Waals surface area contributed by atoms with E-state index in [0.717, 1.165) is 17.8 Å². The number of carbonyl (C=O) groups excluding carboxylic acids is 1. The molecule has 0 saturated heterocycles. The summed E-state index contributed by atoms with van der Waals surface area (Å²) < 4.78 is 37.5. The zero-order valence-corrected chi connectivity index (χ0v) is 12.6. The van der Waals surface area contributed by atoms with Crippen LogP contribution in [0, 0.1) is 0 Å². The number of nitrogen functional groups attached to an aromatic ring is 1. The molecule has 0 aliphatic rings. The Labute approximate surface area is 136 Å². The lowest BCUT2D eigenvalue weighted by molar-refractivity contribution is -0.141. The summed E-state index contributed by atoms with van der Waals surface area (Å²) in [5.74, 6) is -0.343. The predicted octanol–water partition coefficient (Wildman–Crippen LogP) is 1.85. The highest BCUT2D eigenvalue weighted by molar-refractivity contribution is 5.78. The molecule has 0 bridgehead atoms. The van der Waals surface area contributed by atoms with Crippen LogP contribution in [0.4, 0.5) is 24.8 Å². The monoisotopic (exact) mass is 339 g/mol. The summed E-state index contributed by atoms with van der Waals surface area (Å²) in [6.45, 7) is 0.433. The molecule has 1 aromatic carbocycles. The van der Waals surface area contributed by atoms with E-state index in [9.17, 15) is 18.0 Å². The summed E-state index contributed by atoms with van der Waals surface area (Å²) in [4.78, 5) is 18.8. The number of benzene rings is 1. The Morgan fingerprint density at radius 3 is 2.50 bits per heavy atom. The summed E-state index contributed by atoms with van der Waals surface area (Å²) in [7, 11) is 0. The second-order valence-electron chi connectivity index (χ2n) is 4.96. The SMILES string of the molecule is Nc1ccc(CC(=O)NCCNc2nccc(C(F)(F)F)n2)cc1. The molecular weight excluding hydrogens is 323 g/mol. The maximum Gasteiger partial charge on any atom is 0.433 e. The van der Waals surface area contributed by atoms with Crippen molar-refractivity contribution in [1.29, 1.82) is 0 Å². The molecule has 0 saturated carbocycles. The number of alkyl halides is 3. The number of nitrogens with two attached hydrogens (primary N) is 1. The summed E-state index contributed by atoms with van der Waals surface area (Å²) in [5.41, 5.74) is 5.97. The maximum absolute atomic E-state index is 12.5. The van der Waals surface area contributed by atoms with Gasteiger partial charge in [-0.05, 0) is 23.8 Å². The third-order valence-electron chi connectivity index (χ3n) is 3.02. The minimum atomic E-state index is -4.52. The van der Waals surface area contributed by atoms with Crippen LogP contribution in [0.2, 0.25) is 0 Å². The van der Waals surface area contributed by atoms with E-state index in [1.807, 2.05) is 0 Å². The number of carbonyl (C=O) groups is 1. The van der Waals surface area contributed by atoms with Crippen molar-refractivity contribution in [2.24, 2.45) is 0 Å². The summed E-state index contributed by atoms with van der Waals surface area (Å²) in [5, 5.41) is 5.28. The van der Waals surface area contributed by atoms with Crippen molar-refractivity contribution in [3.05, 3.63) is 47.8 Å². The van der Waals surface area contributed by atoms with E-state index in [1.54, 1.807) is 24.3 Å². The number of amides is 1. The van der Waals surface area contributed by atoms with E-state index in [-0.39, 0.29) is 31.4 Å². The highest BCUT2D eigenvalue weighted by atomic mass is 19.4. The zero-order valence-electron chi connectivity index (χ0n) is 12.6. The first-order valence-corrected chi connectivity index (χ1v) is 7.10. The number of aromatic nitrogens is 2. The number of nitrogens with zero attached hydrogens (tertiary/aromatic N) is 2. The maximum atomic E-state index is 12.5. The van der Waals surface area contributed by atoms with Gasteiger partial charge < -0.3 is 16.4 Å². The van der Waals surface area contributed by atoms with E-state index in [0.29, 0.717) is 5.69 Å². The Balaban J connectivity index is 1.74. The minimum Gasteiger partial charge on any atom is -0.399 e. The van der Waals surface area contributed by atoms with Gasteiger partial charge in [0.1, 0.15) is 5.69 Å². The van der Waals surface area contributed by atoms with Crippen molar-refractivity contribution < 1.29 is 18.0 Å². The lowest BCUT2D eigenvalue weighted by atomic mass is 10.1. The first kappa shape index (κ1) is 17.5. The van der Waals surface area contributed by atoms with Crippen molar-refractivity contribution in [1.82, 2.24) is 15.3 Å². The van der Waals surface area contributed by atoms with E-state index in [4.69, 9.17) is 5.73 Å². The molecule has 0 spiro atoms. The van der Waals surface area contributed by atoms with Gasteiger partial charge >= 0.3 is 6.18 Å². The highest BCUT2D eigenvalue weighted by Gasteiger charge is 2.32. The molecular formula is C15H16F3N5O. The summed E-state index contributed by atoms with van der Waals surface area (Å²) >= 11 is 0. The minimum absolute atomic E-state index is 0.141. The first-order chi connectivity index (χ1) is 11.3. The number of nitrogens with one attached hydrogen (secondary N) is 2. The van der Waals surface area contributed by atoms with Gasteiger partial charge in [0.2, 0.25) is 11.9 Å². The van der Waals surface area contributed by atoms with E-state index < -0.39 is 11.9 Å². The van der Waals surface area contributed by atoms with Gasteiger partial charge in [-0.3, -0.25) is 4.79 Å². The molecule has 0 fully saturated rings. The van der Waals surface area contributed by atoms with Crippen LogP contribution in [0.5, 0.6) is 0 Å². The molecule has 1 aromatic heterocycles. The third-order valence-corrected chi connectivity index (χ3v) is 3.02. The van der Waals surface area contributed by atoms with E-state index in [2.05, 4.69) is 20.6 Å². The number of halogens is 3. The second kappa shape index (κ2) is 7.62. The molecule has 0 unspecified atom stereocenters. The van der Waals surface area contributed by atoms with Gasteiger partial charge in [-0.15, -0.1) is 0 Å². The Morgan fingerprint density at radius 2 is 1.83 bits per heavy atom. The molecule has 2 aromatic rings. The molecule has 1 amide bonds. The predicted molar refractivity (Wildman–Crippen MR) is 83.1 cm³/mol. The van der Waals surface area contributed by atoms with Gasteiger partial charge in [-0.2, -0.15) is 13.2 Å². The molecule has 6 nitrogen and oxygen atoms in total. The fraction of sp³-hybridized carbons (Fsp3) is 0.267. The van der Waals surface area contributed by atoms with Crippen LogP contribution >= 0.6 is 0 Å². The lowest BCUT2D eigenvalue weighted by Crippen LogP contribution is -2.30. The van der Waals surface area contributed by atoms with Crippen molar-refractivity contribution in [3.63, 3.8) is 0 Å². The fourth-order valence-corrected chi connectivity index (χ4v) is 1.86. The summed E-state index contributed by atoms with van der Waals surface area (Å²) in [6.07, 6.45) is -3.30. The fourth-order valence-electron chi connectivity index (χ4n) is 1.86. The number of anilines is 2. The molecule has 128 valence electrons. The van der Waals surface area contributed by atoms with Crippen molar-refractivity contribution in [2.45, 2.75) is 12.6 Å². The van der Waals surface area contributed by atoms with E-state index >= 15 is 0 Å². The molecule has 24 heavy (non-hydrogen) atoms. The quantitative estimate of drug-likeness (QED) is 0.552. The normalized spacial score (nSPS) is 11.1. The van der Waals surface area contributed by atoms with Crippen LogP contribution in [-0.2, 0) is 17.4 Å². The standard InChI is InChI=1S/C15H16F3N5O/c16-15(17,18)12-5-6-21-14(23-12)22-8-7-20-13(24)9-10-1-3-11(19)4-2-10/h1-6H,7-9,19H2,(H,20,24)(H,21,22,23). The Kier molecular flexibility index (Phi) is 5.56. The Morgan fingerprint density at radius 1 is 1.12 bits per heavy atom. The highest BCUT2D eigenvalue weighted by Crippen LogP contribution is 2.27. The lowest BCUT2D eigenvalue weighted by Gasteiger charge is -2.09. The number of rotatable bonds is 6. The van der Waals surface area contributed by atoms with Crippen LogP contribution in [0.3, 0.4) is 0 Å². The second-order valence-corrected chi connectivity index (χ2v) is 4.96. The van der Waals surface area contributed by atoms with Crippen molar-refractivity contribution >= 4 is 17.5 Å². The zero-order chi connectivity index (χ0) is 17.6. The van der Waals surface area contributed by atoms with Gasteiger partial charge in [0.05, 0.1) is 6.42 Å². The van der Waals surface area contributed by atoms with Gasteiger partial charge in [0.25, 0.3) is 0 Å². The van der Waals surface area contributed by atoms with Gasteiger partial charge in [-0.1, -0.05) is 12.1 Å². The third kappa shape index (κ3) is 5.41. The average molecular weight is 339 g/mol. The Bertz CT molecular complexity index is 688. The number of hydrogen-bond acceptors (Lipinski definition) is 5. The first-order valence-electron chi connectivity index (χ1n) is 7.10.